The third kappa shape index (κ3) is 4.84. The molecule has 1 aliphatic rings. The minimum atomic E-state index is 0.627. The largest absolute Gasteiger partial charge is 0.316 e. The molecular formula is C15H27N3S. The van der Waals surface area contributed by atoms with Crippen LogP contribution in [-0.2, 0) is 13.5 Å². The summed E-state index contributed by atoms with van der Waals surface area (Å²) in [6.07, 6.45) is 11.4. The molecule has 0 aliphatic heterocycles. The molecule has 1 heterocycles. The average molecular weight is 281 g/mol. The lowest BCUT2D eigenvalue weighted by Gasteiger charge is -2.24. The van der Waals surface area contributed by atoms with E-state index in [0.717, 1.165) is 11.7 Å². The predicted molar refractivity (Wildman–Crippen MR) is 83.7 cm³/mol. The van der Waals surface area contributed by atoms with Gasteiger partial charge in [-0.1, -0.05) is 19.3 Å². The van der Waals surface area contributed by atoms with Crippen LogP contribution in [0.2, 0.25) is 0 Å². The molecule has 1 aromatic rings. The minimum Gasteiger partial charge on any atom is -0.316 e. The second-order valence-electron chi connectivity index (χ2n) is 5.56. The Labute approximate surface area is 121 Å². The van der Waals surface area contributed by atoms with Crippen LogP contribution in [0.4, 0.5) is 0 Å². The van der Waals surface area contributed by atoms with Gasteiger partial charge in [-0.25, -0.2) is 0 Å². The quantitative estimate of drug-likeness (QED) is 0.833. The molecule has 0 bridgehead atoms. The Kier molecular flexibility index (Phi) is 6.24. The van der Waals surface area contributed by atoms with E-state index in [9.17, 15) is 0 Å². The summed E-state index contributed by atoms with van der Waals surface area (Å²) in [6.45, 7) is 0. The zero-order valence-corrected chi connectivity index (χ0v) is 13.1. The second-order valence-corrected chi connectivity index (χ2v) is 6.90. The number of hydrogen-bond donors (Lipinski definition) is 1. The lowest BCUT2D eigenvalue weighted by Crippen LogP contribution is -2.29. The summed E-state index contributed by atoms with van der Waals surface area (Å²) in [4.78, 5) is 0. The lowest BCUT2D eigenvalue weighted by atomic mass is 10.0. The molecule has 0 aromatic carbocycles. The Hall–Kier alpha value is -0.480. The Morgan fingerprint density at radius 3 is 2.84 bits per heavy atom. The van der Waals surface area contributed by atoms with Crippen LogP contribution in [0, 0.1) is 0 Å². The van der Waals surface area contributed by atoms with E-state index in [2.05, 4.69) is 35.3 Å². The monoisotopic (exact) mass is 281 g/mol. The average Bonchev–Trinajstić information content (AvgIpc) is 2.86. The summed E-state index contributed by atoms with van der Waals surface area (Å²) in [5, 5.41) is 8.62. The molecule has 1 aromatic heterocycles. The summed E-state index contributed by atoms with van der Waals surface area (Å²) in [6, 6.07) is 2.75. The van der Waals surface area contributed by atoms with E-state index in [1.54, 1.807) is 0 Å². The van der Waals surface area contributed by atoms with Crippen molar-refractivity contribution >= 4 is 11.8 Å². The van der Waals surface area contributed by atoms with Crippen molar-refractivity contribution in [2.24, 2.45) is 7.05 Å². The van der Waals surface area contributed by atoms with E-state index in [0.29, 0.717) is 6.04 Å². The van der Waals surface area contributed by atoms with Gasteiger partial charge in [0.05, 0.1) is 0 Å². The first kappa shape index (κ1) is 14.9. The van der Waals surface area contributed by atoms with Gasteiger partial charge < -0.3 is 5.32 Å². The van der Waals surface area contributed by atoms with Crippen molar-refractivity contribution in [2.75, 3.05) is 12.8 Å². The number of hydrogen-bond acceptors (Lipinski definition) is 3. The molecule has 19 heavy (non-hydrogen) atoms. The molecule has 1 N–H and O–H groups in total. The van der Waals surface area contributed by atoms with E-state index in [-0.39, 0.29) is 0 Å². The maximum atomic E-state index is 4.23. The molecule has 1 saturated carbocycles. The highest BCUT2D eigenvalue weighted by Crippen LogP contribution is 2.28. The van der Waals surface area contributed by atoms with Gasteiger partial charge in [-0.05, 0) is 38.8 Å². The number of aryl methyl sites for hydroxylation is 2. The van der Waals surface area contributed by atoms with E-state index in [4.69, 9.17) is 0 Å². The number of thioether (sulfide) groups is 1. The van der Waals surface area contributed by atoms with Crippen LogP contribution in [0.25, 0.3) is 0 Å². The van der Waals surface area contributed by atoms with E-state index < -0.39 is 0 Å². The van der Waals surface area contributed by atoms with Gasteiger partial charge >= 0.3 is 0 Å². The molecule has 0 saturated heterocycles. The molecule has 2 rings (SSSR count). The highest BCUT2D eigenvalue weighted by Gasteiger charge is 2.16. The van der Waals surface area contributed by atoms with E-state index in [1.165, 1.54) is 50.0 Å². The molecule has 0 radical (unpaired) electrons. The fourth-order valence-corrected chi connectivity index (χ4v) is 4.27. The number of rotatable bonds is 7. The van der Waals surface area contributed by atoms with Crippen molar-refractivity contribution in [2.45, 2.75) is 56.2 Å². The van der Waals surface area contributed by atoms with E-state index >= 15 is 0 Å². The summed E-state index contributed by atoms with van der Waals surface area (Å²) < 4.78 is 1.99. The number of nitrogens with zero attached hydrogens (tertiary/aromatic N) is 2. The summed E-state index contributed by atoms with van der Waals surface area (Å²) in [7, 11) is 4.12. The first-order valence-electron chi connectivity index (χ1n) is 7.55. The summed E-state index contributed by atoms with van der Waals surface area (Å²) >= 11 is 2.19. The molecule has 0 amide bonds. The highest BCUT2D eigenvalue weighted by atomic mass is 32.2. The maximum Gasteiger partial charge on any atom is 0.0492 e. The predicted octanol–water partition coefficient (Wildman–Crippen LogP) is 3.01. The third-order valence-electron chi connectivity index (χ3n) is 4.16. The minimum absolute atomic E-state index is 0.627. The smallest absolute Gasteiger partial charge is 0.0492 e. The number of aromatic nitrogens is 2. The van der Waals surface area contributed by atoms with Gasteiger partial charge in [0.15, 0.2) is 0 Å². The van der Waals surface area contributed by atoms with Crippen LogP contribution < -0.4 is 5.32 Å². The van der Waals surface area contributed by atoms with Gasteiger partial charge in [0.25, 0.3) is 0 Å². The molecular weight excluding hydrogens is 254 g/mol. The van der Waals surface area contributed by atoms with E-state index in [1.807, 2.05) is 17.9 Å². The SMILES string of the molecule is CNC(CCc1ccnn1C)CSC1CCCCC1. The third-order valence-corrected chi connectivity index (χ3v) is 5.70. The Balaban J connectivity index is 1.69. The zero-order chi connectivity index (χ0) is 13.5. The van der Waals surface area contributed by atoms with Crippen LogP contribution in [0.1, 0.15) is 44.2 Å². The molecule has 3 nitrogen and oxygen atoms in total. The first-order chi connectivity index (χ1) is 9.29. The van der Waals surface area contributed by atoms with Crippen molar-refractivity contribution in [3.8, 4) is 0 Å². The van der Waals surface area contributed by atoms with Gasteiger partial charge in [-0.2, -0.15) is 16.9 Å². The molecule has 1 aliphatic carbocycles. The normalized spacial score (nSPS) is 18.6. The molecule has 1 atom stereocenters. The standard InChI is InChI=1S/C15H27N3S/c1-16-13(8-9-14-10-11-17-18(14)2)12-19-15-6-4-3-5-7-15/h10-11,13,15-16H,3-9,12H2,1-2H3. The van der Waals surface area contributed by atoms with Crippen LogP contribution in [0.5, 0.6) is 0 Å². The molecule has 0 spiro atoms. The fourth-order valence-electron chi connectivity index (χ4n) is 2.76. The zero-order valence-electron chi connectivity index (χ0n) is 12.3. The maximum absolute atomic E-state index is 4.23. The molecule has 4 heteroatoms. The van der Waals surface area contributed by atoms with Crippen molar-refractivity contribution in [1.29, 1.82) is 0 Å². The van der Waals surface area contributed by atoms with Gasteiger partial charge in [0.1, 0.15) is 0 Å². The lowest BCUT2D eigenvalue weighted by molar-refractivity contribution is 0.512. The van der Waals surface area contributed by atoms with Crippen LogP contribution in [0.15, 0.2) is 12.3 Å². The molecule has 1 unspecified atom stereocenters. The summed E-state index contributed by atoms with van der Waals surface area (Å²) in [5.74, 6) is 1.25. The van der Waals surface area contributed by atoms with Gasteiger partial charge in [0.2, 0.25) is 0 Å². The second kappa shape index (κ2) is 7.95. The topological polar surface area (TPSA) is 29.9 Å². The van der Waals surface area contributed by atoms with Crippen LogP contribution >= 0.6 is 11.8 Å². The van der Waals surface area contributed by atoms with Crippen molar-refractivity contribution < 1.29 is 0 Å². The highest BCUT2D eigenvalue weighted by molar-refractivity contribution is 7.99. The van der Waals surface area contributed by atoms with Gasteiger partial charge in [0, 0.05) is 36.0 Å². The summed E-state index contributed by atoms with van der Waals surface area (Å²) in [5.41, 5.74) is 1.34. The molecule has 108 valence electrons. The fraction of sp³-hybridized carbons (Fsp3) is 0.800. The van der Waals surface area contributed by atoms with Crippen molar-refractivity contribution in [1.82, 2.24) is 15.1 Å². The van der Waals surface area contributed by atoms with Crippen molar-refractivity contribution in [3.05, 3.63) is 18.0 Å². The Morgan fingerprint density at radius 2 is 2.21 bits per heavy atom. The Morgan fingerprint density at radius 1 is 1.42 bits per heavy atom. The first-order valence-corrected chi connectivity index (χ1v) is 8.60. The van der Waals surface area contributed by atoms with Gasteiger partial charge in [-0.15, -0.1) is 0 Å². The molecule has 1 fully saturated rings. The van der Waals surface area contributed by atoms with Gasteiger partial charge in [-0.3, -0.25) is 4.68 Å². The van der Waals surface area contributed by atoms with Crippen LogP contribution in [0.3, 0.4) is 0 Å². The Bertz CT molecular complexity index is 358. The number of nitrogens with one attached hydrogen (secondary N) is 1. The van der Waals surface area contributed by atoms with Crippen LogP contribution in [-0.4, -0.2) is 33.9 Å². The van der Waals surface area contributed by atoms with Crippen molar-refractivity contribution in [3.63, 3.8) is 0 Å².